The highest BCUT2D eigenvalue weighted by Crippen LogP contribution is 2.26. The topological polar surface area (TPSA) is 77.4 Å². The first-order chi connectivity index (χ1) is 12.7. The van der Waals surface area contributed by atoms with Crippen molar-refractivity contribution in [3.63, 3.8) is 0 Å². The van der Waals surface area contributed by atoms with Crippen LogP contribution in [0.1, 0.15) is 50.1 Å². The fourth-order valence-electron chi connectivity index (χ4n) is 3.74. The lowest BCUT2D eigenvalue weighted by molar-refractivity contribution is 0.163. The van der Waals surface area contributed by atoms with Crippen LogP contribution in [0, 0.1) is 0 Å². The summed E-state index contributed by atoms with van der Waals surface area (Å²) in [5.74, 6) is 1.36. The largest absolute Gasteiger partial charge is 0.468 e. The maximum atomic E-state index is 12.6. The van der Waals surface area contributed by atoms with Crippen molar-refractivity contribution < 1.29 is 9.21 Å². The number of amides is 2. The van der Waals surface area contributed by atoms with Crippen LogP contribution >= 0.6 is 0 Å². The van der Waals surface area contributed by atoms with Crippen LogP contribution in [0.3, 0.4) is 0 Å². The Bertz CT molecular complexity index is 644. The molecule has 0 aliphatic carbocycles. The SMILES string of the molecule is CCN(CC)[C@H](CNC(=O)N1CCC(c2ccn[nH]2)CC1)c1ccco1. The number of hydrogen-bond acceptors (Lipinski definition) is 4. The summed E-state index contributed by atoms with van der Waals surface area (Å²) < 4.78 is 5.60. The van der Waals surface area contributed by atoms with Crippen LogP contribution in [0.25, 0.3) is 0 Å². The highest BCUT2D eigenvalue weighted by Gasteiger charge is 2.26. The molecule has 1 aliphatic rings. The van der Waals surface area contributed by atoms with Crippen molar-refractivity contribution >= 4 is 6.03 Å². The Morgan fingerprint density at radius 2 is 2.15 bits per heavy atom. The molecule has 2 amide bonds. The first kappa shape index (κ1) is 18.5. The van der Waals surface area contributed by atoms with E-state index in [1.807, 2.05) is 23.1 Å². The molecule has 1 atom stereocenters. The predicted octanol–water partition coefficient (Wildman–Crippen LogP) is 2.97. The zero-order valence-electron chi connectivity index (χ0n) is 15.6. The quantitative estimate of drug-likeness (QED) is 0.797. The maximum Gasteiger partial charge on any atom is 0.317 e. The Labute approximate surface area is 154 Å². The van der Waals surface area contributed by atoms with E-state index >= 15 is 0 Å². The van der Waals surface area contributed by atoms with E-state index in [1.54, 1.807) is 12.5 Å². The van der Waals surface area contributed by atoms with Crippen LogP contribution in [0.4, 0.5) is 4.79 Å². The van der Waals surface area contributed by atoms with E-state index < -0.39 is 0 Å². The number of likely N-dealkylation sites (tertiary alicyclic amines) is 1. The fourth-order valence-corrected chi connectivity index (χ4v) is 3.74. The third kappa shape index (κ3) is 4.27. The molecule has 3 rings (SSSR count). The van der Waals surface area contributed by atoms with Crippen LogP contribution in [0.15, 0.2) is 35.1 Å². The molecule has 7 nitrogen and oxygen atoms in total. The van der Waals surface area contributed by atoms with Crippen molar-refractivity contribution in [3.8, 4) is 0 Å². The summed E-state index contributed by atoms with van der Waals surface area (Å²) in [5.41, 5.74) is 1.17. The Balaban J connectivity index is 1.52. The van der Waals surface area contributed by atoms with Gasteiger partial charge in [-0.2, -0.15) is 5.10 Å². The molecule has 2 N–H and O–H groups in total. The average molecular weight is 359 g/mol. The number of aromatic amines is 1. The number of nitrogens with one attached hydrogen (secondary N) is 2. The molecule has 0 unspecified atom stereocenters. The van der Waals surface area contributed by atoms with E-state index in [0.29, 0.717) is 12.5 Å². The number of aromatic nitrogens is 2. The third-order valence-electron chi connectivity index (χ3n) is 5.32. The Hall–Kier alpha value is -2.28. The molecule has 0 bridgehead atoms. The second-order valence-electron chi connectivity index (χ2n) is 6.71. The minimum Gasteiger partial charge on any atom is -0.468 e. The standard InChI is InChI=1S/C19H29N5O2/c1-3-23(4-2)17(18-6-5-13-26-18)14-20-19(25)24-11-8-15(9-12-24)16-7-10-21-22-16/h5-7,10,13,15,17H,3-4,8-9,11-12,14H2,1-2H3,(H,20,25)(H,21,22)/t17-/m1/s1. The lowest BCUT2D eigenvalue weighted by atomic mass is 9.94. The molecule has 0 spiro atoms. The van der Waals surface area contributed by atoms with Gasteiger partial charge in [0.05, 0.1) is 12.3 Å². The van der Waals surface area contributed by atoms with Gasteiger partial charge in [-0.25, -0.2) is 4.79 Å². The van der Waals surface area contributed by atoms with Gasteiger partial charge in [-0.1, -0.05) is 13.8 Å². The highest BCUT2D eigenvalue weighted by atomic mass is 16.3. The highest BCUT2D eigenvalue weighted by molar-refractivity contribution is 5.74. The number of carbonyl (C=O) groups excluding carboxylic acids is 1. The zero-order valence-corrected chi connectivity index (χ0v) is 15.6. The number of H-pyrrole nitrogens is 1. The number of piperidine rings is 1. The van der Waals surface area contributed by atoms with Crippen LogP contribution in [0.2, 0.25) is 0 Å². The molecule has 2 aromatic heterocycles. The van der Waals surface area contributed by atoms with Crippen molar-refractivity contribution in [1.29, 1.82) is 0 Å². The Kier molecular flexibility index (Phi) is 6.33. The number of carbonyl (C=O) groups is 1. The molecule has 7 heteroatoms. The number of furan rings is 1. The van der Waals surface area contributed by atoms with Gasteiger partial charge in [0.15, 0.2) is 0 Å². The smallest absolute Gasteiger partial charge is 0.317 e. The van der Waals surface area contributed by atoms with Gasteiger partial charge in [0.2, 0.25) is 0 Å². The van der Waals surface area contributed by atoms with Crippen molar-refractivity contribution in [2.75, 3.05) is 32.7 Å². The van der Waals surface area contributed by atoms with Gasteiger partial charge in [-0.3, -0.25) is 10.00 Å². The van der Waals surface area contributed by atoms with E-state index in [4.69, 9.17) is 4.42 Å². The van der Waals surface area contributed by atoms with Crippen molar-refractivity contribution in [2.45, 2.75) is 38.6 Å². The monoisotopic (exact) mass is 359 g/mol. The molecular formula is C19H29N5O2. The van der Waals surface area contributed by atoms with Gasteiger partial charge in [-0.15, -0.1) is 0 Å². The molecule has 0 saturated carbocycles. The average Bonchev–Trinajstić information content (AvgIpc) is 3.39. The molecular weight excluding hydrogens is 330 g/mol. The van der Waals surface area contributed by atoms with E-state index in [9.17, 15) is 4.79 Å². The summed E-state index contributed by atoms with van der Waals surface area (Å²) in [7, 11) is 0. The molecule has 26 heavy (non-hydrogen) atoms. The van der Waals surface area contributed by atoms with E-state index in [1.165, 1.54) is 5.69 Å². The lowest BCUT2D eigenvalue weighted by Gasteiger charge is -2.33. The van der Waals surface area contributed by atoms with Gasteiger partial charge in [0, 0.05) is 37.4 Å². The van der Waals surface area contributed by atoms with Crippen LogP contribution < -0.4 is 5.32 Å². The minimum absolute atomic E-state index is 0.0109. The van der Waals surface area contributed by atoms with E-state index in [0.717, 1.165) is 44.8 Å². The first-order valence-electron chi connectivity index (χ1n) is 9.52. The number of rotatable bonds is 7. The number of likely N-dealkylation sites (N-methyl/N-ethyl adjacent to an activating group) is 1. The molecule has 1 fully saturated rings. The first-order valence-corrected chi connectivity index (χ1v) is 9.52. The predicted molar refractivity (Wildman–Crippen MR) is 99.9 cm³/mol. The molecule has 0 radical (unpaired) electrons. The molecule has 1 saturated heterocycles. The lowest BCUT2D eigenvalue weighted by Crippen LogP contribution is -2.46. The van der Waals surface area contributed by atoms with Crippen LogP contribution in [0.5, 0.6) is 0 Å². The Morgan fingerprint density at radius 3 is 2.73 bits per heavy atom. The summed E-state index contributed by atoms with van der Waals surface area (Å²) in [5, 5.41) is 10.2. The maximum absolute atomic E-state index is 12.6. The molecule has 1 aliphatic heterocycles. The van der Waals surface area contributed by atoms with Gasteiger partial charge >= 0.3 is 6.03 Å². The Morgan fingerprint density at radius 1 is 1.38 bits per heavy atom. The second-order valence-corrected chi connectivity index (χ2v) is 6.71. The number of nitrogens with zero attached hydrogens (tertiary/aromatic N) is 3. The van der Waals surface area contributed by atoms with Crippen LogP contribution in [-0.2, 0) is 0 Å². The fraction of sp³-hybridized carbons (Fsp3) is 0.579. The second kappa shape index (κ2) is 8.89. The van der Waals surface area contributed by atoms with Gasteiger partial charge < -0.3 is 14.6 Å². The third-order valence-corrected chi connectivity index (χ3v) is 5.32. The van der Waals surface area contributed by atoms with Crippen LogP contribution in [-0.4, -0.2) is 58.8 Å². The van der Waals surface area contributed by atoms with Crippen molar-refractivity contribution in [3.05, 3.63) is 42.1 Å². The normalized spacial score (nSPS) is 16.8. The number of hydrogen-bond donors (Lipinski definition) is 2. The summed E-state index contributed by atoms with van der Waals surface area (Å²) in [6, 6.07) is 5.97. The summed E-state index contributed by atoms with van der Waals surface area (Å²) >= 11 is 0. The van der Waals surface area contributed by atoms with Crippen molar-refractivity contribution in [1.82, 2.24) is 25.3 Å². The molecule has 142 valence electrons. The summed E-state index contributed by atoms with van der Waals surface area (Å²) in [6.07, 6.45) is 5.41. The summed E-state index contributed by atoms with van der Waals surface area (Å²) in [6.45, 7) is 8.16. The molecule has 0 aromatic carbocycles. The van der Waals surface area contributed by atoms with Gasteiger partial charge in [-0.05, 0) is 44.1 Å². The molecule has 3 heterocycles. The van der Waals surface area contributed by atoms with Crippen molar-refractivity contribution in [2.24, 2.45) is 0 Å². The zero-order chi connectivity index (χ0) is 18.4. The summed E-state index contributed by atoms with van der Waals surface area (Å²) in [4.78, 5) is 16.8. The minimum atomic E-state index is 0.0109. The van der Waals surface area contributed by atoms with E-state index in [-0.39, 0.29) is 12.1 Å². The van der Waals surface area contributed by atoms with E-state index in [2.05, 4.69) is 34.3 Å². The number of urea groups is 1. The molecule has 2 aromatic rings. The van der Waals surface area contributed by atoms with Gasteiger partial charge in [0.25, 0.3) is 0 Å². The van der Waals surface area contributed by atoms with Gasteiger partial charge in [0.1, 0.15) is 5.76 Å².